The fraction of sp³-hybridized carbons (Fsp3) is 0.620. The lowest BCUT2D eigenvalue weighted by Gasteiger charge is -2.28. The second-order valence-corrected chi connectivity index (χ2v) is 22.2. The number of halogens is 2. The van der Waals surface area contributed by atoms with Gasteiger partial charge in [0.25, 0.3) is 0 Å². The summed E-state index contributed by atoms with van der Waals surface area (Å²) in [6, 6.07) is 7.80. The number of thioether (sulfide) groups is 1. The smallest absolute Gasteiger partial charge is 0.237 e. The van der Waals surface area contributed by atoms with Gasteiger partial charge in [-0.25, -0.2) is 18.8 Å². The maximum atomic E-state index is 15.0. The minimum Gasteiger partial charge on any atom is -0.496 e. The number of fused-ring (bicyclic) bond motifs is 1. The van der Waals surface area contributed by atoms with Gasteiger partial charge in [0, 0.05) is 48.0 Å². The highest BCUT2D eigenvalue weighted by molar-refractivity contribution is 8.13. The number of nitrogens with zero attached hydrogens (tertiary/aromatic N) is 4. The van der Waals surface area contributed by atoms with Gasteiger partial charge < -0.3 is 34.4 Å². The molecule has 2 saturated carbocycles. The molecule has 368 valence electrons. The standard InChI is InChI=1S/C50H70F2N5O8PS/c1-8-9-10-11-12-16-34-25-50(34,66(61,62)30-38-39(51)19-15-20-40(38)52)26-43(58)42-23-36(29-57(42)46(59)27-53-28-47(60)65-35-17-13-14-18-35)64-45-24-41(33(5)55-49(67-7)54-31(2)3)56-48-32(4)44(63-6)22-21-37(45)48/h15,19-22,24,31,34-36,42,47,53,60H,8-14,16-18,23,25-30H2,1-7H3,(H,61,62). The van der Waals surface area contributed by atoms with Crippen molar-refractivity contribution in [3.63, 3.8) is 0 Å². The van der Waals surface area contributed by atoms with Crippen LogP contribution >= 0.6 is 19.1 Å². The number of carbonyl (C=O) groups is 2. The first-order chi connectivity index (χ1) is 32.0. The summed E-state index contributed by atoms with van der Waals surface area (Å²) in [4.78, 5) is 56.9. The first kappa shape index (κ1) is 52.6. The summed E-state index contributed by atoms with van der Waals surface area (Å²) < 4.78 is 62.9. The fourth-order valence-corrected chi connectivity index (χ4v) is 12.9. The zero-order valence-corrected chi connectivity index (χ0v) is 41.9. The monoisotopic (exact) mass is 969 g/mol. The zero-order valence-electron chi connectivity index (χ0n) is 40.2. The summed E-state index contributed by atoms with van der Waals surface area (Å²) in [6.45, 7) is 9.62. The number of aliphatic hydroxyl groups is 1. The van der Waals surface area contributed by atoms with Crippen LogP contribution in [0.15, 0.2) is 46.4 Å². The van der Waals surface area contributed by atoms with Crippen molar-refractivity contribution < 1.29 is 47.1 Å². The number of methoxy groups -OCH3 is 1. The summed E-state index contributed by atoms with van der Waals surface area (Å²) >= 11 is 1.42. The molecule has 2 aliphatic carbocycles. The third kappa shape index (κ3) is 13.1. The third-order valence-electron chi connectivity index (χ3n) is 13.5. The van der Waals surface area contributed by atoms with E-state index in [9.17, 15) is 24.2 Å². The van der Waals surface area contributed by atoms with Gasteiger partial charge in [-0.3, -0.25) is 19.1 Å². The van der Waals surface area contributed by atoms with Crippen molar-refractivity contribution in [3.05, 3.63) is 64.9 Å². The van der Waals surface area contributed by atoms with E-state index < -0.39 is 66.0 Å². The number of ketones is 1. The number of hydrogen-bond donors (Lipinski definition) is 3. The average molecular weight is 970 g/mol. The lowest BCUT2D eigenvalue weighted by Crippen LogP contribution is -2.46. The second-order valence-electron chi connectivity index (χ2n) is 18.8. The quantitative estimate of drug-likeness (QED) is 0.0272. The fourth-order valence-electron chi connectivity index (χ4n) is 9.75. The number of nitrogens with one attached hydrogen (secondary N) is 1. The van der Waals surface area contributed by atoms with E-state index in [-0.39, 0.29) is 57.0 Å². The maximum absolute atomic E-state index is 15.0. The predicted molar refractivity (Wildman–Crippen MR) is 262 cm³/mol. The number of unbranched alkanes of at least 4 members (excludes halogenated alkanes) is 4. The molecule has 1 saturated heterocycles. The molecule has 2 heterocycles. The van der Waals surface area contributed by atoms with E-state index in [2.05, 4.69) is 17.2 Å². The van der Waals surface area contributed by atoms with Crippen LogP contribution in [-0.2, 0) is 25.1 Å². The molecule has 3 N–H and O–H groups in total. The van der Waals surface area contributed by atoms with Crippen molar-refractivity contribution in [1.82, 2.24) is 15.2 Å². The Morgan fingerprint density at radius 2 is 1.79 bits per heavy atom. The van der Waals surface area contributed by atoms with Crippen molar-refractivity contribution in [2.24, 2.45) is 15.9 Å². The molecule has 1 amide bonds. The van der Waals surface area contributed by atoms with E-state index in [4.69, 9.17) is 24.2 Å². The number of carbonyl (C=O) groups excluding carboxylic acids is 2. The number of Topliss-reactive ketones (excluding diaryl/α,β-unsaturated/α-hetero) is 1. The first-order valence-corrected chi connectivity index (χ1v) is 27.0. The van der Waals surface area contributed by atoms with Crippen molar-refractivity contribution in [3.8, 4) is 11.5 Å². The maximum Gasteiger partial charge on any atom is 0.237 e. The molecule has 13 nitrogen and oxygen atoms in total. The number of aromatic nitrogens is 1. The molecule has 17 heteroatoms. The summed E-state index contributed by atoms with van der Waals surface area (Å²) in [5, 5.41) is 13.5. The Kier molecular flexibility index (Phi) is 18.6. The highest BCUT2D eigenvalue weighted by Crippen LogP contribution is 2.75. The van der Waals surface area contributed by atoms with E-state index >= 15 is 8.78 Å². The molecular weight excluding hydrogens is 900 g/mol. The number of pyridine rings is 1. The van der Waals surface area contributed by atoms with Crippen LogP contribution in [0.5, 0.6) is 11.5 Å². The van der Waals surface area contributed by atoms with Crippen LogP contribution in [0.4, 0.5) is 8.78 Å². The van der Waals surface area contributed by atoms with Gasteiger partial charge in [0.15, 0.2) is 17.2 Å². The van der Waals surface area contributed by atoms with E-state index in [0.29, 0.717) is 45.4 Å². The Balaban J connectivity index is 1.31. The molecule has 0 bridgehead atoms. The molecule has 3 fully saturated rings. The Morgan fingerprint density at radius 3 is 2.46 bits per heavy atom. The lowest BCUT2D eigenvalue weighted by molar-refractivity contribution is -0.139. The third-order valence-corrected chi connectivity index (χ3v) is 16.9. The van der Waals surface area contributed by atoms with Crippen LogP contribution in [0, 0.1) is 24.5 Å². The van der Waals surface area contributed by atoms with Crippen LogP contribution in [-0.4, -0.2) is 111 Å². The Hall–Kier alpha value is -3.79. The summed E-state index contributed by atoms with van der Waals surface area (Å²) in [5.41, 5.74) is 2.06. The lowest BCUT2D eigenvalue weighted by atomic mass is 10.0. The molecule has 6 rings (SSSR count). The van der Waals surface area contributed by atoms with Gasteiger partial charge in [-0.1, -0.05) is 69.7 Å². The molecule has 67 heavy (non-hydrogen) atoms. The molecule has 6 unspecified atom stereocenters. The number of ether oxygens (including phenoxy) is 3. The molecule has 1 aromatic heterocycles. The van der Waals surface area contributed by atoms with Gasteiger partial charge in [0.2, 0.25) is 13.3 Å². The highest BCUT2D eigenvalue weighted by atomic mass is 32.2. The minimum atomic E-state index is -4.43. The predicted octanol–water partition coefficient (Wildman–Crippen LogP) is 9.53. The number of aryl methyl sites for hydroxylation is 1. The van der Waals surface area contributed by atoms with E-state index in [1.807, 2.05) is 46.1 Å². The average Bonchev–Trinajstić information content (AvgIpc) is 3.54. The van der Waals surface area contributed by atoms with Gasteiger partial charge in [-0.15, -0.1) is 0 Å². The number of amides is 1. The number of hydrogen-bond acceptors (Lipinski definition) is 11. The number of aliphatic imine (C=N–C) groups is 2. The van der Waals surface area contributed by atoms with Crippen molar-refractivity contribution in [2.75, 3.05) is 33.0 Å². The molecule has 0 spiro atoms. The van der Waals surface area contributed by atoms with Crippen LogP contribution in [0.25, 0.3) is 10.9 Å². The number of aliphatic hydroxyl groups excluding tert-OH is 1. The second kappa shape index (κ2) is 23.7. The van der Waals surface area contributed by atoms with Gasteiger partial charge in [0.05, 0.1) is 60.6 Å². The highest BCUT2D eigenvalue weighted by Gasteiger charge is 2.65. The molecule has 3 aliphatic rings. The normalized spacial score (nSPS) is 22.7. The van der Waals surface area contributed by atoms with Crippen molar-refractivity contribution in [2.45, 2.75) is 160 Å². The summed E-state index contributed by atoms with van der Waals surface area (Å²) in [5.74, 6) is -1.90. The van der Waals surface area contributed by atoms with Crippen LogP contribution < -0.4 is 14.8 Å². The number of rotatable bonds is 23. The number of likely N-dealkylation sites (tertiary alicyclic amines) is 1. The Labute approximate surface area is 398 Å². The van der Waals surface area contributed by atoms with E-state index in [1.54, 1.807) is 13.2 Å². The van der Waals surface area contributed by atoms with Crippen molar-refractivity contribution in [1.29, 1.82) is 0 Å². The zero-order chi connectivity index (χ0) is 48.5. The van der Waals surface area contributed by atoms with Gasteiger partial charge in [-0.2, -0.15) is 0 Å². The SMILES string of the molecule is CCCCCCCC1CC1(CC(=O)C1CC(Oc2cc(C(C)=NC(=NC(C)C)SC)nc3c(C)c(OC)ccc23)CN1C(=O)CNCC(O)OC1CCCC1)P(=O)(O)Cc1c(F)cccc1F. The number of benzene rings is 2. The molecule has 6 atom stereocenters. The minimum absolute atomic E-state index is 0.00635. The van der Waals surface area contributed by atoms with Crippen molar-refractivity contribution >= 4 is 52.6 Å². The molecule has 3 aromatic rings. The topological polar surface area (TPSA) is 172 Å². The van der Waals surface area contributed by atoms with Gasteiger partial charge >= 0.3 is 0 Å². The number of amidine groups is 1. The van der Waals surface area contributed by atoms with Gasteiger partial charge in [0.1, 0.15) is 29.2 Å². The Bertz CT molecular complexity index is 2310. The van der Waals surface area contributed by atoms with Crippen LogP contribution in [0.1, 0.15) is 128 Å². The first-order valence-electron chi connectivity index (χ1n) is 23.9. The molecule has 1 aliphatic heterocycles. The van der Waals surface area contributed by atoms with Crippen LogP contribution in [0.3, 0.4) is 0 Å². The summed E-state index contributed by atoms with van der Waals surface area (Å²) in [6.07, 6.45) is 8.56. The van der Waals surface area contributed by atoms with Gasteiger partial charge in [-0.05, 0) is 89.8 Å². The molecular formula is C50H70F2N5O8PS. The largest absolute Gasteiger partial charge is 0.496 e. The van der Waals surface area contributed by atoms with Crippen LogP contribution in [0.2, 0.25) is 0 Å². The Morgan fingerprint density at radius 1 is 1.07 bits per heavy atom. The summed E-state index contributed by atoms with van der Waals surface area (Å²) in [7, 11) is -2.84. The van der Waals surface area contributed by atoms with E-state index in [0.717, 1.165) is 75.5 Å². The molecule has 0 radical (unpaired) electrons. The molecule has 2 aromatic carbocycles. The van der Waals surface area contributed by atoms with E-state index in [1.165, 1.54) is 22.7 Å².